The Balaban J connectivity index is 1.39. The lowest BCUT2D eigenvalue weighted by Gasteiger charge is -2.33. The Labute approximate surface area is 171 Å². The Bertz CT molecular complexity index is 895. The van der Waals surface area contributed by atoms with E-state index in [1.54, 1.807) is 11.8 Å². The molecule has 5 heteroatoms. The van der Waals surface area contributed by atoms with Crippen LogP contribution in [-0.2, 0) is 5.75 Å². The summed E-state index contributed by atoms with van der Waals surface area (Å²) in [6, 6.07) is 14.5. The van der Waals surface area contributed by atoms with E-state index in [2.05, 4.69) is 35.1 Å². The lowest BCUT2D eigenvalue weighted by Crippen LogP contribution is -2.41. The highest BCUT2D eigenvalue weighted by Crippen LogP contribution is 2.26. The number of fused-ring (bicyclic) bond motifs is 1. The Morgan fingerprint density at radius 2 is 1.93 bits per heavy atom. The second-order valence-corrected chi connectivity index (χ2v) is 8.44. The van der Waals surface area contributed by atoms with Crippen molar-refractivity contribution in [3.8, 4) is 0 Å². The van der Waals surface area contributed by atoms with Gasteiger partial charge in [-0.3, -0.25) is 4.79 Å². The highest BCUT2D eigenvalue weighted by Gasteiger charge is 2.24. The summed E-state index contributed by atoms with van der Waals surface area (Å²) in [5.74, 6) is 0.990. The maximum Gasteiger partial charge on any atom is 0.254 e. The fourth-order valence-corrected chi connectivity index (χ4v) is 4.82. The summed E-state index contributed by atoms with van der Waals surface area (Å²) in [5, 5.41) is 0. The molecule has 146 valence electrons. The zero-order chi connectivity index (χ0) is 19.3. The second-order valence-electron chi connectivity index (χ2n) is 7.39. The Kier molecular flexibility index (Phi) is 6.01. The summed E-state index contributed by atoms with van der Waals surface area (Å²) < 4.78 is 2.04. The number of hydrogen-bond donors (Lipinski definition) is 0. The van der Waals surface area contributed by atoms with Gasteiger partial charge in [-0.2, -0.15) is 0 Å². The van der Waals surface area contributed by atoms with Crippen molar-refractivity contribution >= 4 is 23.3 Å². The van der Waals surface area contributed by atoms with Crippen molar-refractivity contribution in [2.24, 2.45) is 0 Å². The molecular weight excluding hydrogens is 366 g/mol. The van der Waals surface area contributed by atoms with E-state index in [4.69, 9.17) is 0 Å². The quantitative estimate of drug-likeness (QED) is 0.525. The van der Waals surface area contributed by atoms with Crippen molar-refractivity contribution in [3.63, 3.8) is 0 Å². The molecule has 0 aliphatic heterocycles. The molecule has 28 heavy (non-hydrogen) atoms. The predicted octanol–water partition coefficient (Wildman–Crippen LogP) is 5.42. The summed E-state index contributed by atoms with van der Waals surface area (Å²) in [6.07, 6.45) is 10.2. The Morgan fingerprint density at radius 1 is 1.14 bits per heavy atom. The molecule has 0 spiro atoms. The van der Waals surface area contributed by atoms with Crippen molar-refractivity contribution in [1.29, 1.82) is 0 Å². The van der Waals surface area contributed by atoms with Crippen LogP contribution in [0.15, 0.2) is 59.8 Å². The van der Waals surface area contributed by atoms with Gasteiger partial charge in [0.2, 0.25) is 0 Å². The second kappa shape index (κ2) is 8.82. The van der Waals surface area contributed by atoms with Gasteiger partial charge in [0.05, 0.1) is 5.69 Å². The number of hydrogen-bond acceptors (Lipinski definition) is 3. The van der Waals surface area contributed by atoms with Gasteiger partial charge in [-0.05, 0) is 56.2 Å². The van der Waals surface area contributed by atoms with Gasteiger partial charge < -0.3 is 9.30 Å². The molecule has 1 aliphatic rings. The van der Waals surface area contributed by atoms with Crippen LogP contribution >= 0.6 is 11.8 Å². The van der Waals surface area contributed by atoms with Crippen molar-refractivity contribution in [3.05, 3.63) is 66.1 Å². The predicted molar refractivity (Wildman–Crippen MR) is 115 cm³/mol. The van der Waals surface area contributed by atoms with E-state index < -0.39 is 0 Å². The zero-order valence-electron chi connectivity index (χ0n) is 16.4. The van der Waals surface area contributed by atoms with Crippen LogP contribution in [0.25, 0.3) is 5.65 Å². The number of benzene rings is 1. The first-order valence-corrected chi connectivity index (χ1v) is 11.2. The van der Waals surface area contributed by atoms with E-state index in [1.165, 1.54) is 19.3 Å². The number of pyridine rings is 1. The van der Waals surface area contributed by atoms with Gasteiger partial charge in [0.1, 0.15) is 5.65 Å². The summed E-state index contributed by atoms with van der Waals surface area (Å²) in [5.41, 5.74) is 2.83. The molecule has 4 rings (SSSR count). The Hall–Kier alpha value is -2.27. The lowest BCUT2D eigenvalue weighted by molar-refractivity contribution is 0.0648. The number of imidazole rings is 1. The van der Waals surface area contributed by atoms with Crippen molar-refractivity contribution in [1.82, 2.24) is 14.3 Å². The minimum atomic E-state index is 0.173. The van der Waals surface area contributed by atoms with Crippen LogP contribution in [0.5, 0.6) is 0 Å². The average molecular weight is 394 g/mol. The first kappa shape index (κ1) is 19.1. The molecule has 1 aliphatic carbocycles. The van der Waals surface area contributed by atoms with Crippen molar-refractivity contribution in [2.75, 3.05) is 6.54 Å². The van der Waals surface area contributed by atoms with E-state index in [-0.39, 0.29) is 5.91 Å². The van der Waals surface area contributed by atoms with Crippen LogP contribution in [0.4, 0.5) is 0 Å². The number of nitrogens with zero attached hydrogens (tertiary/aromatic N) is 3. The molecule has 1 amide bonds. The van der Waals surface area contributed by atoms with Crippen LogP contribution < -0.4 is 0 Å². The topological polar surface area (TPSA) is 37.6 Å². The van der Waals surface area contributed by atoms with Crippen molar-refractivity contribution in [2.45, 2.75) is 55.7 Å². The van der Waals surface area contributed by atoms with E-state index in [1.807, 2.05) is 40.9 Å². The third-order valence-electron chi connectivity index (χ3n) is 5.52. The third kappa shape index (κ3) is 4.25. The van der Waals surface area contributed by atoms with E-state index in [0.717, 1.165) is 46.9 Å². The van der Waals surface area contributed by atoms with Crippen molar-refractivity contribution < 1.29 is 4.79 Å². The molecule has 0 radical (unpaired) electrons. The van der Waals surface area contributed by atoms with Crippen LogP contribution in [-0.4, -0.2) is 32.8 Å². The maximum absolute atomic E-state index is 13.0. The van der Waals surface area contributed by atoms with Gasteiger partial charge in [0, 0.05) is 41.2 Å². The molecule has 1 fully saturated rings. The van der Waals surface area contributed by atoms with E-state index in [9.17, 15) is 4.79 Å². The van der Waals surface area contributed by atoms with Gasteiger partial charge in [0.25, 0.3) is 5.91 Å². The average Bonchev–Trinajstić information content (AvgIpc) is 3.17. The molecular formula is C23H27N3OS. The first-order chi connectivity index (χ1) is 13.7. The molecule has 0 saturated heterocycles. The van der Waals surface area contributed by atoms with Crippen LogP contribution in [0.1, 0.15) is 55.1 Å². The largest absolute Gasteiger partial charge is 0.336 e. The molecule has 0 unspecified atom stereocenters. The lowest BCUT2D eigenvalue weighted by atomic mass is 9.93. The van der Waals surface area contributed by atoms with Crippen LogP contribution in [0, 0.1) is 0 Å². The molecule has 1 saturated carbocycles. The summed E-state index contributed by atoms with van der Waals surface area (Å²) in [4.78, 5) is 20.8. The molecule has 2 aromatic heterocycles. The molecule has 1 aromatic carbocycles. The normalized spacial score (nSPS) is 15.0. The fraction of sp³-hybridized carbons (Fsp3) is 0.391. The SMILES string of the molecule is CCN(C(=O)c1ccc(SCc2cn3ccccc3n2)cc1)C1CCCCC1. The molecule has 0 N–H and O–H groups in total. The third-order valence-corrected chi connectivity index (χ3v) is 6.56. The highest BCUT2D eigenvalue weighted by molar-refractivity contribution is 7.98. The summed E-state index contributed by atoms with van der Waals surface area (Å²) >= 11 is 1.75. The number of carbonyl (C=O) groups excluding carboxylic acids is 1. The number of aromatic nitrogens is 2. The number of rotatable bonds is 6. The number of carbonyl (C=O) groups is 1. The maximum atomic E-state index is 13.0. The molecule has 0 atom stereocenters. The summed E-state index contributed by atoms with van der Waals surface area (Å²) in [6.45, 7) is 2.87. The van der Waals surface area contributed by atoms with Gasteiger partial charge in [-0.1, -0.05) is 25.3 Å². The summed E-state index contributed by atoms with van der Waals surface area (Å²) in [7, 11) is 0. The smallest absolute Gasteiger partial charge is 0.254 e. The number of amides is 1. The Morgan fingerprint density at radius 3 is 2.64 bits per heavy atom. The zero-order valence-corrected chi connectivity index (χ0v) is 17.2. The van der Waals surface area contributed by atoms with Crippen LogP contribution in [0.2, 0.25) is 0 Å². The van der Waals surface area contributed by atoms with E-state index in [0.29, 0.717) is 6.04 Å². The van der Waals surface area contributed by atoms with Gasteiger partial charge >= 0.3 is 0 Å². The van der Waals surface area contributed by atoms with Gasteiger partial charge in [-0.25, -0.2) is 4.98 Å². The molecule has 2 heterocycles. The molecule has 0 bridgehead atoms. The standard InChI is InChI=1S/C23H27N3OS/c1-2-26(20-8-4-3-5-9-20)23(27)18-11-13-21(14-12-18)28-17-19-16-25-15-7-6-10-22(25)24-19/h6-7,10-16,20H,2-5,8-9,17H2,1H3. The fourth-order valence-electron chi connectivity index (χ4n) is 4.03. The first-order valence-electron chi connectivity index (χ1n) is 10.2. The highest BCUT2D eigenvalue weighted by atomic mass is 32.2. The number of thioether (sulfide) groups is 1. The van der Waals surface area contributed by atoms with Crippen LogP contribution in [0.3, 0.4) is 0 Å². The minimum Gasteiger partial charge on any atom is -0.336 e. The van der Waals surface area contributed by atoms with Gasteiger partial charge in [0.15, 0.2) is 0 Å². The molecule has 3 aromatic rings. The molecule has 4 nitrogen and oxygen atoms in total. The van der Waals surface area contributed by atoms with E-state index >= 15 is 0 Å². The monoisotopic (exact) mass is 393 g/mol. The minimum absolute atomic E-state index is 0.173. The van der Waals surface area contributed by atoms with Gasteiger partial charge in [-0.15, -0.1) is 11.8 Å².